The van der Waals surface area contributed by atoms with E-state index in [1.54, 1.807) is 0 Å². The van der Waals surface area contributed by atoms with Crippen molar-refractivity contribution in [2.45, 2.75) is 26.2 Å². The Hall–Kier alpha value is -7.02. The Kier molecular flexibility index (Phi) is 7.34. The van der Waals surface area contributed by atoms with Crippen LogP contribution in [0.3, 0.4) is 0 Å². The van der Waals surface area contributed by atoms with Gasteiger partial charge in [-0.3, -0.25) is 0 Å². The molecule has 4 nitrogen and oxygen atoms in total. The van der Waals surface area contributed by atoms with Gasteiger partial charge in [-0.15, -0.1) is 11.3 Å². The van der Waals surface area contributed by atoms with E-state index in [1.165, 1.54) is 48.3 Å². The van der Waals surface area contributed by atoms with E-state index < -0.39 is 0 Å². The molecular weight excluding hydrogens is 751 g/mol. The minimum atomic E-state index is -0.187. The zero-order valence-electron chi connectivity index (χ0n) is 33.0. The van der Waals surface area contributed by atoms with Crippen molar-refractivity contribution in [3.8, 4) is 22.3 Å². The summed E-state index contributed by atoms with van der Waals surface area (Å²) < 4.78 is 15.2. The number of hydrogen-bond acceptors (Lipinski definition) is 5. The molecule has 2 aliphatic heterocycles. The Bertz CT molecular complexity index is 3510. The normalized spacial score (nSPS) is 13.2. The molecule has 3 aromatic heterocycles. The summed E-state index contributed by atoms with van der Waals surface area (Å²) in [6, 6.07) is 61.9. The number of benzene rings is 8. The van der Waals surface area contributed by atoms with E-state index in [9.17, 15) is 0 Å². The Labute approximate surface area is 351 Å². The van der Waals surface area contributed by atoms with Crippen molar-refractivity contribution in [3.63, 3.8) is 0 Å². The highest BCUT2D eigenvalue weighted by Gasteiger charge is 2.49. The lowest BCUT2D eigenvalue weighted by molar-refractivity contribution is 0.668. The van der Waals surface area contributed by atoms with Gasteiger partial charge in [0.05, 0.1) is 16.4 Å². The monoisotopic (exact) mass is 788 g/mol. The number of unbranched alkanes of at least 4 members (excludes halogenated alkanes) is 1. The highest BCUT2D eigenvalue weighted by molar-refractivity contribution is 7.26. The minimum absolute atomic E-state index is 0.187. The van der Waals surface area contributed by atoms with E-state index >= 15 is 0 Å². The van der Waals surface area contributed by atoms with Crippen molar-refractivity contribution in [3.05, 3.63) is 175 Å². The molecule has 0 atom stereocenters. The van der Waals surface area contributed by atoms with Gasteiger partial charge in [-0.1, -0.05) is 129 Å². The molecule has 0 aliphatic carbocycles. The molecule has 6 heteroatoms. The first-order chi connectivity index (χ1) is 29.7. The van der Waals surface area contributed by atoms with Crippen LogP contribution >= 0.6 is 11.3 Å². The zero-order valence-corrected chi connectivity index (χ0v) is 33.8. The van der Waals surface area contributed by atoms with E-state index in [2.05, 4.69) is 186 Å². The topological polar surface area (TPSA) is 32.8 Å². The van der Waals surface area contributed by atoms with Gasteiger partial charge in [0.25, 0.3) is 0 Å². The van der Waals surface area contributed by atoms with Crippen LogP contribution in [-0.2, 0) is 6.42 Å². The smallest absolute Gasteiger partial charge is 0.334 e. The van der Waals surface area contributed by atoms with Crippen LogP contribution in [-0.4, -0.2) is 6.85 Å². The van der Waals surface area contributed by atoms with E-state index in [0.29, 0.717) is 0 Å². The second-order valence-electron chi connectivity index (χ2n) is 16.2. The fraction of sp³-hybridized carbons (Fsp3) is 0.0741. The van der Waals surface area contributed by atoms with Gasteiger partial charge >= 0.3 is 6.85 Å². The largest absolute Gasteiger partial charge is 0.456 e. The number of fused-ring (bicyclic) bond motifs is 14. The third kappa shape index (κ3) is 4.74. The van der Waals surface area contributed by atoms with Gasteiger partial charge < -0.3 is 18.5 Å². The van der Waals surface area contributed by atoms with Gasteiger partial charge in [0.1, 0.15) is 16.7 Å². The number of para-hydroxylation sites is 3. The van der Waals surface area contributed by atoms with Crippen LogP contribution in [0, 0.1) is 0 Å². The Morgan fingerprint density at radius 3 is 2.10 bits per heavy atom. The molecule has 0 amide bonds. The quantitative estimate of drug-likeness (QED) is 0.157. The molecule has 60 heavy (non-hydrogen) atoms. The molecule has 0 spiro atoms. The van der Waals surface area contributed by atoms with E-state index in [4.69, 9.17) is 8.83 Å². The predicted octanol–water partition coefficient (Wildman–Crippen LogP) is 14.4. The van der Waals surface area contributed by atoms with E-state index in [-0.39, 0.29) is 6.85 Å². The van der Waals surface area contributed by atoms with Crippen LogP contribution in [0.15, 0.2) is 179 Å². The van der Waals surface area contributed by atoms with Gasteiger partial charge in [0.2, 0.25) is 0 Å². The molecule has 13 rings (SSSR count). The summed E-state index contributed by atoms with van der Waals surface area (Å²) in [5.41, 5.74) is 16.7. The molecule has 0 saturated heterocycles. The second-order valence-corrected chi connectivity index (χ2v) is 17.2. The van der Waals surface area contributed by atoms with Crippen LogP contribution in [0.1, 0.15) is 25.3 Å². The first kappa shape index (κ1) is 33.9. The van der Waals surface area contributed by atoms with Crippen LogP contribution in [0.5, 0.6) is 0 Å². The maximum absolute atomic E-state index is 7.02. The lowest BCUT2D eigenvalue weighted by Gasteiger charge is -2.45. The molecule has 0 N–H and O–H groups in total. The van der Waals surface area contributed by atoms with Crippen molar-refractivity contribution >= 4 is 111 Å². The maximum Gasteiger partial charge on any atom is 0.334 e. The molecule has 0 radical (unpaired) electrons. The number of aryl methyl sites for hydroxylation is 1. The van der Waals surface area contributed by atoms with Crippen molar-refractivity contribution in [1.82, 2.24) is 0 Å². The lowest BCUT2D eigenvalue weighted by atomic mass is 9.43. The van der Waals surface area contributed by atoms with E-state index in [1.807, 2.05) is 11.3 Å². The standard InChI is InChI=1S/C54H37BN2O2S/c1-2-3-16-33-27-30-42(41(31-33)34-17-6-4-7-18-34)56-43-32-46-48(38-22-11-14-25-45(38)58-46)49-40-29-28-37-36-21-10-13-24-44(36)59-53(37)52(40)57(35-19-8-5-9-20-35)55(51(43)49)50-39-23-12-15-26-47(39)60-54(50)56/h4-15,17-32H,2-3,16H2,1H3. The maximum atomic E-state index is 7.02. The van der Waals surface area contributed by atoms with Gasteiger partial charge in [0, 0.05) is 54.8 Å². The fourth-order valence-electron chi connectivity index (χ4n) is 10.2. The second kappa shape index (κ2) is 13.0. The summed E-state index contributed by atoms with van der Waals surface area (Å²) >= 11 is 1.88. The summed E-state index contributed by atoms with van der Waals surface area (Å²) in [5.74, 6) is 0. The summed E-state index contributed by atoms with van der Waals surface area (Å²) in [6.45, 7) is 2.08. The first-order valence-electron chi connectivity index (χ1n) is 21.0. The number of furan rings is 2. The average Bonchev–Trinajstić information content (AvgIpc) is 4.00. The van der Waals surface area contributed by atoms with Crippen molar-refractivity contribution < 1.29 is 8.83 Å². The molecule has 2 aliphatic rings. The van der Waals surface area contributed by atoms with Crippen molar-refractivity contribution in [2.75, 3.05) is 9.71 Å². The lowest BCUT2D eigenvalue weighted by Crippen LogP contribution is -2.61. The summed E-state index contributed by atoms with van der Waals surface area (Å²) in [4.78, 5) is 5.16. The Morgan fingerprint density at radius 2 is 1.28 bits per heavy atom. The molecule has 8 aromatic carbocycles. The first-order valence-corrected chi connectivity index (χ1v) is 21.8. The van der Waals surface area contributed by atoms with Gasteiger partial charge in [0.15, 0.2) is 5.58 Å². The number of thiophene rings is 1. The molecule has 0 unspecified atom stereocenters. The van der Waals surface area contributed by atoms with Gasteiger partial charge in [-0.05, 0) is 94.4 Å². The predicted molar refractivity (Wildman–Crippen MR) is 254 cm³/mol. The molecule has 11 aromatic rings. The average molecular weight is 789 g/mol. The number of hydrogen-bond donors (Lipinski definition) is 0. The number of anilines is 5. The number of rotatable bonds is 6. The Balaban J connectivity index is 1.23. The molecule has 284 valence electrons. The van der Waals surface area contributed by atoms with Crippen LogP contribution in [0.25, 0.3) is 76.2 Å². The molecular formula is C54H37BN2O2S. The molecule has 0 fully saturated rings. The summed E-state index contributed by atoms with van der Waals surface area (Å²) in [6.07, 6.45) is 3.36. The third-order valence-corrected chi connectivity index (χ3v) is 14.0. The van der Waals surface area contributed by atoms with Crippen molar-refractivity contribution in [2.24, 2.45) is 0 Å². The molecule has 5 heterocycles. The summed E-state index contributed by atoms with van der Waals surface area (Å²) in [5, 5.41) is 6.97. The SMILES string of the molecule is CCCCc1ccc(N2c3cc4oc5ccccc5c4c4c3B(c3c2sc2ccccc32)N(c2ccccc2)c2c-4ccc3c2oc2ccccc23)c(-c2ccccc2)c1. The van der Waals surface area contributed by atoms with Crippen molar-refractivity contribution in [1.29, 1.82) is 0 Å². The number of nitrogens with zero attached hydrogens (tertiary/aromatic N) is 2. The van der Waals surface area contributed by atoms with Crippen LogP contribution in [0.4, 0.5) is 27.8 Å². The minimum Gasteiger partial charge on any atom is -0.456 e. The third-order valence-electron chi connectivity index (χ3n) is 12.8. The highest BCUT2D eigenvalue weighted by Crippen LogP contribution is 2.55. The summed E-state index contributed by atoms with van der Waals surface area (Å²) in [7, 11) is 0. The zero-order chi connectivity index (χ0) is 39.5. The molecule has 0 bridgehead atoms. The van der Waals surface area contributed by atoms with Crippen LogP contribution in [0.2, 0.25) is 0 Å². The van der Waals surface area contributed by atoms with Gasteiger partial charge in [-0.2, -0.15) is 0 Å². The van der Waals surface area contributed by atoms with Crippen LogP contribution < -0.4 is 20.6 Å². The van der Waals surface area contributed by atoms with E-state index in [0.717, 1.165) is 91.5 Å². The molecule has 0 saturated carbocycles. The fourth-order valence-corrected chi connectivity index (χ4v) is 11.5. The Morgan fingerprint density at radius 1 is 0.567 bits per heavy atom. The van der Waals surface area contributed by atoms with Gasteiger partial charge in [-0.25, -0.2) is 0 Å². The highest BCUT2D eigenvalue weighted by atomic mass is 32.1.